The topological polar surface area (TPSA) is 156 Å². The first-order chi connectivity index (χ1) is 17.0. The molecular formula is C22H24N2O10S2. The number of hydrogen-bond acceptors (Lipinski definition) is 13. The normalized spacial score (nSPS) is 26.6. The van der Waals surface area contributed by atoms with Gasteiger partial charge in [0.15, 0.2) is 28.9 Å². The minimum atomic E-state index is -1.30. The number of thioether (sulfide) groups is 1. The molecule has 3 heterocycles. The molecule has 1 aromatic rings. The van der Waals surface area contributed by atoms with Crippen LogP contribution in [0.25, 0.3) is 6.08 Å². The average Bonchev–Trinajstić information content (AvgIpc) is 3.40. The van der Waals surface area contributed by atoms with Crippen LogP contribution in [-0.2, 0) is 47.7 Å². The largest absolute Gasteiger partial charge is 0.463 e. The van der Waals surface area contributed by atoms with Crippen molar-refractivity contribution in [2.45, 2.75) is 57.5 Å². The van der Waals surface area contributed by atoms with Crippen LogP contribution in [0.2, 0.25) is 0 Å². The van der Waals surface area contributed by atoms with Gasteiger partial charge in [0.25, 0.3) is 5.91 Å². The summed E-state index contributed by atoms with van der Waals surface area (Å²) in [5, 5.41) is 4.61. The number of carbonyl (C=O) groups is 5. The third-order valence-electron chi connectivity index (χ3n) is 4.67. The molecule has 36 heavy (non-hydrogen) atoms. The minimum Gasteiger partial charge on any atom is -0.463 e. The molecule has 194 valence electrons. The summed E-state index contributed by atoms with van der Waals surface area (Å²) in [5.41, 5.74) is -0.934. The number of amides is 1. The molecule has 1 saturated heterocycles. The van der Waals surface area contributed by atoms with E-state index in [1.807, 2.05) is 17.5 Å². The second-order valence-corrected chi connectivity index (χ2v) is 9.67. The molecule has 0 unspecified atom stereocenters. The van der Waals surface area contributed by atoms with Crippen molar-refractivity contribution in [3.05, 3.63) is 28.1 Å². The minimum absolute atomic E-state index is 0.142. The smallest absolute Gasteiger partial charge is 0.303 e. The molecule has 2 aliphatic heterocycles. The lowest BCUT2D eigenvalue weighted by Crippen LogP contribution is -2.61. The zero-order valence-corrected chi connectivity index (χ0v) is 21.4. The highest BCUT2D eigenvalue weighted by Gasteiger charge is 2.53. The molecule has 5 atom stereocenters. The summed E-state index contributed by atoms with van der Waals surface area (Å²) in [7, 11) is 0. The maximum atomic E-state index is 12.4. The Hall–Kier alpha value is -3.23. The predicted molar refractivity (Wildman–Crippen MR) is 127 cm³/mol. The first kappa shape index (κ1) is 27.4. The van der Waals surface area contributed by atoms with Crippen LogP contribution in [0.5, 0.6) is 0 Å². The summed E-state index contributed by atoms with van der Waals surface area (Å²) in [5.74, 6) is -3.25. The molecule has 1 N–H and O–H groups in total. The number of rotatable bonds is 7. The van der Waals surface area contributed by atoms with Gasteiger partial charge in [-0.3, -0.25) is 29.3 Å². The van der Waals surface area contributed by atoms with Gasteiger partial charge in [-0.1, -0.05) is 17.8 Å². The number of thiophene rings is 1. The molecule has 0 spiro atoms. The Balaban J connectivity index is 1.94. The van der Waals surface area contributed by atoms with E-state index in [4.69, 9.17) is 23.7 Å². The predicted octanol–water partition coefficient (Wildman–Crippen LogP) is 1.39. The maximum Gasteiger partial charge on any atom is 0.303 e. The fraction of sp³-hybridized carbons (Fsp3) is 0.455. The third-order valence-corrected chi connectivity index (χ3v) is 6.52. The van der Waals surface area contributed by atoms with E-state index in [2.05, 4.69) is 10.3 Å². The van der Waals surface area contributed by atoms with Crippen LogP contribution in [0, 0.1) is 0 Å². The lowest BCUT2D eigenvalue weighted by molar-refractivity contribution is -0.237. The van der Waals surface area contributed by atoms with Gasteiger partial charge < -0.3 is 23.7 Å². The molecule has 12 nitrogen and oxygen atoms in total. The number of hydrogen-bond donors (Lipinski definition) is 1. The Morgan fingerprint density at radius 1 is 1.03 bits per heavy atom. The van der Waals surface area contributed by atoms with Crippen molar-refractivity contribution in [2.75, 3.05) is 6.61 Å². The summed E-state index contributed by atoms with van der Waals surface area (Å²) in [6.45, 7) is 4.26. The van der Waals surface area contributed by atoms with Crippen LogP contribution in [0.3, 0.4) is 0 Å². The quantitative estimate of drug-likeness (QED) is 0.303. The number of amidine groups is 1. The number of aliphatic imine (C=N–C) groups is 1. The van der Waals surface area contributed by atoms with Crippen molar-refractivity contribution >= 4 is 64.1 Å². The summed E-state index contributed by atoms with van der Waals surface area (Å²) in [6.07, 6.45) is -3.31. The average molecular weight is 541 g/mol. The molecule has 0 radical (unpaired) electrons. The highest BCUT2D eigenvalue weighted by molar-refractivity contribution is 8.14. The molecule has 1 aromatic heterocycles. The molecule has 14 heteroatoms. The van der Waals surface area contributed by atoms with Gasteiger partial charge in [-0.2, -0.15) is 0 Å². The van der Waals surface area contributed by atoms with Crippen molar-refractivity contribution in [3.63, 3.8) is 0 Å². The Morgan fingerprint density at radius 2 is 1.67 bits per heavy atom. The monoisotopic (exact) mass is 540 g/mol. The number of esters is 4. The molecule has 0 bridgehead atoms. The van der Waals surface area contributed by atoms with E-state index >= 15 is 0 Å². The maximum absolute atomic E-state index is 12.4. The van der Waals surface area contributed by atoms with E-state index in [1.165, 1.54) is 18.3 Å². The Morgan fingerprint density at radius 3 is 2.25 bits per heavy atom. The first-order valence-electron chi connectivity index (χ1n) is 10.7. The molecular weight excluding hydrogens is 516 g/mol. The lowest BCUT2D eigenvalue weighted by atomic mass is 9.99. The molecule has 0 aliphatic carbocycles. The van der Waals surface area contributed by atoms with E-state index in [-0.39, 0.29) is 17.5 Å². The van der Waals surface area contributed by atoms with Crippen LogP contribution >= 0.6 is 23.1 Å². The van der Waals surface area contributed by atoms with Gasteiger partial charge in [-0.25, -0.2) is 4.99 Å². The molecule has 3 rings (SSSR count). The fourth-order valence-electron chi connectivity index (χ4n) is 3.40. The van der Waals surface area contributed by atoms with Gasteiger partial charge in [-0.15, -0.1) is 11.3 Å². The Bertz CT molecular complexity index is 1080. The zero-order chi connectivity index (χ0) is 26.4. The third kappa shape index (κ3) is 7.38. The van der Waals surface area contributed by atoms with E-state index < -0.39 is 59.6 Å². The Kier molecular flexibility index (Phi) is 9.23. The SMILES string of the molecule is CC(=O)OC[C@@H]1O[C@H](SC2=N/C(=C/c3cccs3)C(=O)N2)[C@H](OC(C)=O)[C@H](OC(C)=O)[C@@H]1OC(C)=O. The van der Waals surface area contributed by atoms with E-state index in [0.29, 0.717) is 0 Å². The van der Waals surface area contributed by atoms with Crippen LogP contribution in [0.1, 0.15) is 32.6 Å². The second-order valence-electron chi connectivity index (χ2n) is 7.60. The summed E-state index contributed by atoms with van der Waals surface area (Å²) >= 11 is 2.33. The summed E-state index contributed by atoms with van der Waals surface area (Å²) in [4.78, 5) is 64.6. The number of nitrogens with zero attached hydrogens (tertiary/aromatic N) is 1. The van der Waals surface area contributed by atoms with Crippen LogP contribution in [0.4, 0.5) is 0 Å². The fourth-order valence-corrected chi connectivity index (χ4v) is 5.12. The second kappa shape index (κ2) is 12.1. The molecule has 2 aliphatic rings. The lowest BCUT2D eigenvalue weighted by Gasteiger charge is -2.44. The van der Waals surface area contributed by atoms with Crippen LogP contribution in [-0.4, -0.2) is 71.4 Å². The molecule has 0 saturated carbocycles. The first-order valence-corrected chi connectivity index (χ1v) is 12.4. The highest BCUT2D eigenvalue weighted by Crippen LogP contribution is 2.35. The van der Waals surface area contributed by atoms with Gasteiger partial charge in [0.2, 0.25) is 0 Å². The zero-order valence-electron chi connectivity index (χ0n) is 19.7. The van der Waals surface area contributed by atoms with E-state index in [9.17, 15) is 24.0 Å². The summed E-state index contributed by atoms with van der Waals surface area (Å²) in [6, 6.07) is 3.66. The van der Waals surface area contributed by atoms with Crippen LogP contribution in [0.15, 0.2) is 28.2 Å². The van der Waals surface area contributed by atoms with Crippen molar-refractivity contribution in [1.82, 2.24) is 5.32 Å². The van der Waals surface area contributed by atoms with Gasteiger partial charge in [0, 0.05) is 32.6 Å². The van der Waals surface area contributed by atoms with Crippen molar-refractivity contribution in [1.29, 1.82) is 0 Å². The Labute approximate surface area is 214 Å². The molecule has 1 amide bonds. The number of carbonyl (C=O) groups excluding carboxylic acids is 5. The number of ether oxygens (including phenoxy) is 5. The van der Waals surface area contributed by atoms with E-state index in [1.54, 1.807) is 6.08 Å². The standard InChI is InChI=1S/C22H24N2O10S2/c1-10(25)30-9-16-17(31-11(2)26)18(32-12(3)27)19(33-13(4)28)21(34-16)36-22-23-15(20(29)24-22)8-14-6-5-7-35-14/h5-8,16-19,21H,9H2,1-4H3,(H,23,24,29)/b15-8+/t16-,17+,18+,19+,21+/m0/s1. The highest BCUT2D eigenvalue weighted by atomic mass is 32.2. The number of nitrogens with one attached hydrogen (secondary N) is 1. The van der Waals surface area contributed by atoms with E-state index in [0.717, 1.165) is 37.4 Å². The van der Waals surface area contributed by atoms with Crippen molar-refractivity contribution in [3.8, 4) is 0 Å². The van der Waals surface area contributed by atoms with Crippen LogP contribution < -0.4 is 5.32 Å². The van der Waals surface area contributed by atoms with Gasteiger partial charge >= 0.3 is 23.9 Å². The molecule has 1 fully saturated rings. The van der Waals surface area contributed by atoms with Crippen molar-refractivity contribution < 1.29 is 47.7 Å². The van der Waals surface area contributed by atoms with Crippen molar-refractivity contribution in [2.24, 2.45) is 4.99 Å². The van der Waals surface area contributed by atoms with Gasteiger partial charge in [-0.05, 0) is 17.5 Å². The molecule has 0 aromatic carbocycles. The van der Waals surface area contributed by atoms with Gasteiger partial charge in [0.1, 0.15) is 18.4 Å². The summed E-state index contributed by atoms with van der Waals surface area (Å²) < 4.78 is 27.2. The van der Waals surface area contributed by atoms with Gasteiger partial charge in [0.05, 0.1) is 0 Å².